The summed E-state index contributed by atoms with van der Waals surface area (Å²) in [5.41, 5.74) is 3.06. The molecule has 0 radical (unpaired) electrons. The molecule has 0 saturated carbocycles. The zero-order chi connectivity index (χ0) is 13.2. The van der Waals surface area contributed by atoms with Gasteiger partial charge >= 0.3 is 0 Å². The Bertz CT molecular complexity index is 708. The second-order valence-corrected chi connectivity index (χ2v) is 5.33. The summed E-state index contributed by atoms with van der Waals surface area (Å²) in [6.45, 7) is 0. The van der Waals surface area contributed by atoms with E-state index in [9.17, 15) is 0 Å². The van der Waals surface area contributed by atoms with Crippen molar-refractivity contribution in [2.24, 2.45) is 0 Å². The van der Waals surface area contributed by atoms with Gasteiger partial charge in [-0.1, -0.05) is 23.4 Å². The number of aromatic amines is 1. The number of hydrogen-bond acceptors (Lipinski definition) is 4. The van der Waals surface area contributed by atoms with Crippen molar-refractivity contribution < 1.29 is 0 Å². The van der Waals surface area contributed by atoms with Gasteiger partial charge in [0.1, 0.15) is 5.65 Å². The number of aromatic nitrogens is 4. The number of hydrogen-bond donors (Lipinski definition) is 1. The van der Waals surface area contributed by atoms with Crippen LogP contribution in [0, 0.1) is 0 Å². The van der Waals surface area contributed by atoms with Gasteiger partial charge in [-0.15, -0.1) is 0 Å². The molecule has 3 aromatic heterocycles. The molecule has 4 nitrogen and oxygen atoms in total. The Labute approximate surface area is 119 Å². The number of nitrogens with zero attached hydrogens (tertiary/aromatic N) is 3. The molecule has 0 saturated heterocycles. The zero-order valence-corrected chi connectivity index (χ0v) is 11.8. The van der Waals surface area contributed by atoms with Crippen molar-refractivity contribution in [3.8, 4) is 0 Å². The minimum Gasteiger partial charge on any atom is -0.346 e. The van der Waals surface area contributed by atoms with E-state index in [1.807, 2.05) is 30.9 Å². The van der Waals surface area contributed by atoms with Crippen LogP contribution in [0.3, 0.4) is 0 Å². The van der Waals surface area contributed by atoms with Crippen molar-refractivity contribution in [3.05, 3.63) is 47.0 Å². The third-order valence-corrected chi connectivity index (χ3v) is 3.62. The Morgan fingerprint density at radius 2 is 2.00 bits per heavy atom. The first kappa shape index (κ1) is 12.4. The minimum atomic E-state index is 0.641. The second-order valence-electron chi connectivity index (χ2n) is 4.12. The average molecular weight is 291 g/mol. The highest BCUT2D eigenvalue weighted by Gasteiger charge is 2.07. The molecule has 0 atom stereocenters. The van der Waals surface area contributed by atoms with Crippen LogP contribution in [0.5, 0.6) is 0 Å². The monoisotopic (exact) mass is 290 g/mol. The van der Waals surface area contributed by atoms with Crippen LogP contribution < -0.4 is 0 Å². The molecule has 3 aromatic rings. The van der Waals surface area contributed by atoms with Gasteiger partial charge in [0.25, 0.3) is 0 Å². The Balaban J connectivity index is 1.93. The van der Waals surface area contributed by atoms with Crippen molar-refractivity contribution in [1.82, 2.24) is 19.9 Å². The number of fused-ring (bicyclic) bond motifs is 1. The van der Waals surface area contributed by atoms with Crippen LogP contribution in [0.2, 0.25) is 5.02 Å². The molecule has 6 heteroatoms. The fraction of sp³-hybridized carbons (Fsp3) is 0.154. The van der Waals surface area contributed by atoms with Crippen molar-refractivity contribution in [2.45, 2.75) is 11.6 Å². The molecule has 0 fully saturated rings. The Hall–Kier alpha value is -1.59. The summed E-state index contributed by atoms with van der Waals surface area (Å²) in [6, 6.07) is 1.92. The average Bonchev–Trinajstić information content (AvgIpc) is 2.82. The molecule has 0 aliphatic carbocycles. The first-order valence-corrected chi connectivity index (χ1v) is 7.33. The molecule has 1 N–H and O–H groups in total. The van der Waals surface area contributed by atoms with Crippen LogP contribution in [0.1, 0.15) is 11.1 Å². The third kappa shape index (κ3) is 2.57. The van der Waals surface area contributed by atoms with Crippen LogP contribution >= 0.6 is 23.4 Å². The third-order valence-electron chi connectivity index (χ3n) is 2.84. The van der Waals surface area contributed by atoms with Crippen molar-refractivity contribution in [1.29, 1.82) is 0 Å². The molecular weight excluding hydrogens is 280 g/mol. The highest BCUT2D eigenvalue weighted by molar-refractivity contribution is 7.98. The predicted molar refractivity (Wildman–Crippen MR) is 77.7 cm³/mol. The molecule has 19 heavy (non-hydrogen) atoms. The van der Waals surface area contributed by atoms with E-state index in [4.69, 9.17) is 11.6 Å². The highest BCUT2D eigenvalue weighted by Crippen LogP contribution is 2.22. The molecule has 0 aliphatic rings. The number of nitrogens with one attached hydrogen (secondary N) is 1. The molecular formula is C13H11ClN4S. The normalized spacial score (nSPS) is 11.1. The van der Waals surface area contributed by atoms with Crippen molar-refractivity contribution in [2.75, 3.05) is 6.26 Å². The van der Waals surface area contributed by atoms with Gasteiger partial charge in [-0.2, -0.15) is 0 Å². The quantitative estimate of drug-likeness (QED) is 0.594. The SMILES string of the molecule is CSc1ncc(Cc2c[nH]c3ncc(Cl)cc23)cn1. The Morgan fingerprint density at radius 3 is 2.74 bits per heavy atom. The predicted octanol–water partition coefficient (Wildman–Crippen LogP) is 3.32. The lowest BCUT2D eigenvalue weighted by Crippen LogP contribution is -1.92. The van der Waals surface area contributed by atoms with Gasteiger partial charge in [0.2, 0.25) is 0 Å². The molecule has 0 aliphatic heterocycles. The van der Waals surface area contributed by atoms with E-state index in [-0.39, 0.29) is 0 Å². The minimum absolute atomic E-state index is 0.641. The van der Waals surface area contributed by atoms with E-state index < -0.39 is 0 Å². The number of halogens is 1. The summed E-state index contributed by atoms with van der Waals surface area (Å²) in [6.07, 6.45) is 10.0. The molecule has 0 amide bonds. The second kappa shape index (κ2) is 5.19. The first-order chi connectivity index (χ1) is 9.26. The first-order valence-electron chi connectivity index (χ1n) is 5.72. The highest BCUT2D eigenvalue weighted by atomic mass is 35.5. The van der Waals surface area contributed by atoms with Crippen LogP contribution in [0.4, 0.5) is 0 Å². The number of H-pyrrole nitrogens is 1. The fourth-order valence-electron chi connectivity index (χ4n) is 1.94. The van der Waals surface area contributed by atoms with Gasteiger partial charge < -0.3 is 4.98 Å². The van der Waals surface area contributed by atoms with Crippen molar-refractivity contribution >= 4 is 34.4 Å². The van der Waals surface area contributed by atoms with E-state index in [0.29, 0.717) is 5.02 Å². The van der Waals surface area contributed by atoms with Crippen LogP contribution in [-0.2, 0) is 6.42 Å². The maximum absolute atomic E-state index is 5.99. The van der Waals surface area contributed by atoms with Gasteiger partial charge in [0, 0.05) is 36.6 Å². The maximum atomic E-state index is 5.99. The lowest BCUT2D eigenvalue weighted by atomic mass is 10.1. The van der Waals surface area contributed by atoms with Crippen molar-refractivity contribution in [3.63, 3.8) is 0 Å². The number of thioether (sulfide) groups is 1. The molecule has 0 bridgehead atoms. The summed E-state index contributed by atoms with van der Waals surface area (Å²) in [4.78, 5) is 15.9. The van der Waals surface area contributed by atoms with Gasteiger partial charge in [0.15, 0.2) is 5.16 Å². The lowest BCUT2D eigenvalue weighted by Gasteiger charge is -2.01. The maximum Gasteiger partial charge on any atom is 0.187 e. The molecule has 96 valence electrons. The Morgan fingerprint density at radius 1 is 1.21 bits per heavy atom. The number of pyridine rings is 1. The molecule has 0 aromatic carbocycles. The zero-order valence-electron chi connectivity index (χ0n) is 10.2. The van der Waals surface area contributed by atoms with Crippen LogP contribution in [0.15, 0.2) is 36.0 Å². The molecule has 3 rings (SSSR count). The Kier molecular flexibility index (Phi) is 3.40. The van der Waals surface area contributed by atoms with E-state index in [1.165, 1.54) is 11.8 Å². The topological polar surface area (TPSA) is 54.5 Å². The van der Waals surface area contributed by atoms with Gasteiger partial charge in [0.05, 0.1) is 5.02 Å². The lowest BCUT2D eigenvalue weighted by molar-refractivity contribution is 0.937. The molecule has 0 unspecified atom stereocenters. The van der Waals surface area contributed by atoms with Gasteiger partial charge in [-0.3, -0.25) is 0 Å². The summed E-state index contributed by atoms with van der Waals surface area (Å²) in [5.74, 6) is 0. The smallest absolute Gasteiger partial charge is 0.187 e. The largest absolute Gasteiger partial charge is 0.346 e. The summed E-state index contributed by atoms with van der Waals surface area (Å²) in [5, 5.41) is 2.47. The van der Waals surface area contributed by atoms with Gasteiger partial charge in [-0.25, -0.2) is 15.0 Å². The van der Waals surface area contributed by atoms with E-state index >= 15 is 0 Å². The van der Waals surface area contributed by atoms with E-state index in [1.54, 1.807) is 6.20 Å². The summed E-state index contributed by atoms with van der Waals surface area (Å²) >= 11 is 7.52. The standard InChI is InChI=1S/C13H11ClN4S/c1-19-13-17-4-8(5-18-13)2-9-6-15-12-11(9)3-10(14)7-16-12/h3-7H,2H2,1H3,(H,15,16). The molecule has 3 heterocycles. The summed E-state index contributed by atoms with van der Waals surface area (Å²) in [7, 11) is 0. The van der Waals surface area contributed by atoms with Crippen LogP contribution in [-0.4, -0.2) is 26.2 Å². The van der Waals surface area contributed by atoms with Gasteiger partial charge in [-0.05, 0) is 23.4 Å². The van der Waals surface area contributed by atoms with Crippen LogP contribution in [0.25, 0.3) is 11.0 Å². The molecule has 0 spiro atoms. The fourth-order valence-corrected chi connectivity index (χ4v) is 2.41. The van der Waals surface area contributed by atoms with E-state index in [2.05, 4.69) is 19.9 Å². The summed E-state index contributed by atoms with van der Waals surface area (Å²) < 4.78 is 0. The van der Waals surface area contributed by atoms with E-state index in [0.717, 1.165) is 33.7 Å². The number of rotatable bonds is 3.